The number of benzene rings is 1. The topological polar surface area (TPSA) is 61.9 Å². The first-order valence-corrected chi connectivity index (χ1v) is 11.2. The van der Waals surface area contributed by atoms with Gasteiger partial charge >= 0.3 is 6.03 Å². The van der Waals surface area contributed by atoms with Crippen LogP contribution < -0.4 is 15.0 Å². The van der Waals surface area contributed by atoms with Crippen molar-refractivity contribution in [2.75, 3.05) is 30.4 Å². The minimum atomic E-state index is -0.0147. The van der Waals surface area contributed by atoms with E-state index in [2.05, 4.69) is 5.32 Å². The molecule has 2 saturated heterocycles. The highest BCUT2D eigenvalue weighted by molar-refractivity contribution is 5.97. The normalized spacial score (nSPS) is 23.3. The Morgan fingerprint density at radius 1 is 1.03 bits per heavy atom. The van der Waals surface area contributed by atoms with Crippen molar-refractivity contribution in [2.24, 2.45) is 5.92 Å². The number of ether oxygens (including phenoxy) is 1. The number of methoxy groups -OCH3 is 1. The van der Waals surface area contributed by atoms with Crippen LogP contribution in [-0.2, 0) is 4.79 Å². The van der Waals surface area contributed by atoms with Crippen LogP contribution in [0.4, 0.5) is 16.2 Å². The number of anilines is 2. The third-order valence-corrected chi connectivity index (χ3v) is 6.80. The lowest BCUT2D eigenvalue weighted by Gasteiger charge is -2.34. The first-order chi connectivity index (χ1) is 14.2. The number of hydrogen-bond donors (Lipinski definition) is 1. The SMILES string of the molecule is COc1ccc(NC(=O)N2CCCC2C2CCCCC2)cc1N1CCCCC1=O. The molecule has 2 aliphatic heterocycles. The van der Waals surface area contributed by atoms with Crippen LogP contribution in [0.1, 0.15) is 64.2 Å². The Bertz CT molecular complexity index is 745. The monoisotopic (exact) mass is 399 g/mol. The van der Waals surface area contributed by atoms with E-state index in [0.717, 1.165) is 43.6 Å². The van der Waals surface area contributed by atoms with Gasteiger partial charge in [-0.05, 0) is 62.6 Å². The molecule has 0 spiro atoms. The van der Waals surface area contributed by atoms with Crippen molar-refractivity contribution in [3.05, 3.63) is 18.2 Å². The van der Waals surface area contributed by atoms with Gasteiger partial charge in [-0.1, -0.05) is 19.3 Å². The Labute approximate surface area is 173 Å². The van der Waals surface area contributed by atoms with Crippen LogP contribution in [0.3, 0.4) is 0 Å². The molecule has 4 rings (SSSR count). The van der Waals surface area contributed by atoms with Crippen LogP contribution in [0.15, 0.2) is 18.2 Å². The second-order valence-electron chi connectivity index (χ2n) is 8.62. The molecule has 3 aliphatic rings. The summed E-state index contributed by atoms with van der Waals surface area (Å²) in [5, 5.41) is 3.09. The van der Waals surface area contributed by atoms with E-state index in [0.29, 0.717) is 30.7 Å². The zero-order valence-electron chi connectivity index (χ0n) is 17.5. The van der Waals surface area contributed by atoms with Crippen LogP contribution >= 0.6 is 0 Å². The number of nitrogens with zero attached hydrogens (tertiary/aromatic N) is 2. The predicted molar refractivity (Wildman–Crippen MR) is 115 cm³/mol. The smallest absolute Gasteiger partial charge is 0.322 e. The van der Waals surface area contributed by atoms with E-state index in [-0.39, 0.29) is 11.9 Å². The van der Waals surface area contributed by atoms with E-state index in [9.17, 15) is 9.59 Å². The first-order valence-electron chi connectivity index (χ1n) is 11.2. The summed E-state index contributed by atoms with van der Waals surface area (Å²) in [7, 11) is 1.62. The van der Waals surface area contributed by atoms with Gasteiger partial charge in [0.15, 0.2) is 0 Å². The zero-order chi connectivity index (χ0) is 20.2. The van der Waals surface area contributed by atoms with Gasteiger partial charge < -0.3 is 19.9 Å². The van der Waals surface area contributed by atoms with E-state index in [4.69, 9.17) is 4.74 Å². The molecule has 0 radical (unpaired) electrons. The Hall–Kier alpha value is -2.24. The maximum Gasteiger partial charge on any atom is 0.322 e. The molecule has 1 aliphatic carbocycles. The molecule has 3 amide bonds. The molecule has 3 fully saturated rings. The molecule has 0 bridgehead atoms. The molecule has 1 aromatic carbocycles. The van der Waals surface area contributed by atoms with Gasteiger partial charge in [0.25, 0.3) is 0 Å². The molecular weight excluding hydrogens is 366 g/mol. The third kappa shape index (κ3) is 4.36. The van der Waals surface area contributed by atoms with E-state index in [1.807, 2.05) is 23.1 Å². The highest BCUT2D eigenvalue weighted by Gasteiger charge is 2.35. The van der Waals surface area contributed by atoms with Gasteiger partial charge in [0.1, 0.15) is 5.75 Å². The highest BCUT2D eigenvalue weighted by Crippen LogP contribution is 2.36. The van der Waals surface area contributed by atoms with Crippen LogP contribution in [0.5, 0.6) is 5.75 Å². The van der Waals surface area contributed by atoms with Crippen molar-refractivity contribution in [3.8, 4) is 5.75 Å². The maximum atomic E-state index is 13.1. The van der Waals surface area contributed by atoms with Crippen molar-refractivity contribution in [1.29, 1.82) is 0 Å². The van der Waals surface area contributed by atoms with Gasteiger partial charge in [-0.15, -0.1) is 0 Å². The van der Waals surface area contributed by atoms with Gasteiger partial charge in [0.05, 0.1) is 12.8 Å². The average molecular weight is 400 g/mol. The number of amides is 3. The number of piperidine rings is 1. The Morgan fingerprint density at radius 2 is 1.86 bits per heavy atom. The number of rotatable bonds is 4. The van der Waals surface area contributed by atoms with Crippen molar-refractivity contribution < 1.29 is 14.3 Å². The molecular formula is C23H33N3O3. The minimum Gasteiger partial charge on any atom is -0.495 e. The number of likely N-dealkylation sites (tertiary alicyclic amines) is 1. The standard InChI is InChI=1S/C23H33N3O3/c1-29-21-13-12-18(16-20(21)25-14-6-5-11-22(25)27)24-23(28)26-15-7-10-19(26)17-8-3-2-4-9-17/h12-13,16-17,19H,2-11,14-15H2,1H3,(H,24,28). The lowest BCUT2D eigenvalue weighted by molar-refractivity contribution is -0.119. The van der Waals surface area contributed by atoms with Crippen LogP contribution in [0.25, 0.3) is 0 Å². The molecule has 1 aromatic rings. The Morgan fingerprint density at radius 3 is 2.62 bits per heavy atom. The molecule has 158 valence electrons. The molecule has 0 aromatic heterocycles. The van der Waals surface area contributed by atoms with Gasteiger partial charge in [0.2, 0.25) is 5.91 Å². The van der Waals surface area contributed by atoms with Gasteiger partial charge in [0, 0.05) is 31.2 Å². The van der Waals surface area contributed by atoms with Crippen LogP contribution in [0, 0.1) is 5.92 Å². The summed E-state index contributed by atoms with van der Waals surface area (Å²) in [6.07, 6.45) is 11.1. The van der Waals surface area contributed by atoms with Crippen molar-refractivity contribution in [3.63, 3.8) is 0 Å². The van der Waals surface area contributed by atoms with E-state index in [1.54, 1.807) is 12.0 Å². The molecule has 6 heteroatoms. The molecule has 1 N–H and O–H groups in total. The van der Waals surface area contributed by atoms with Gasteiger partial charge in [-0.25, -0.2) is 4.79 Å². The van der Waals surface area contributed by atoms with Crippen molar-refractivity contribution >= 4 is 23.3 Å². The number of nitrogens with one attached hydrogen (secondary N) is 1. The molecule has 6 nitrogen and oxygen atoms in total. The lowest BCUT2D eigenvalue weighted by atomic mass is 9.83. The predicted octanol–water partition coefficient (Wildman–Crippen LogP) is 4.79. The Balaban J connectivity index is 1.49. The summed E-state index contributed by atoms with van der Waals surface area (Å²) in [6.45, 7) is 1.53. The summed E-state index contributed by atoms with van der Waals surface area (Å²) >= 11 is 0. The van der Waals surface area contributed by atoms with E-state index < -0.39 is 0 Å². The molecule has 1 unspecified atom stereocenters. The summed E-state index contributed by atoms with van der Waals surface area (Å²) < 4.78 is 5.49. The third-order valence-electron chi connectivity index (χ3n) is 6.80. The number of urea groups is 1. The van der Waals surface area contributed by atoms with Crippen LogP contribution in [-0.4, -0.2) is 43.1 Å². The summed E-state index contributed by atoms with van der Waals surface area (Å²) in [6, 6.07) is 5.94. The molecule has 29 heavy (non-hydrogen) atoms. The number of hydrogen-bond acceptors (Lipinski definition) is 3. The summed E-state index contributed by atoms with van der Waals surface area (Å²) in [5.74, 6) is 1.43. The second-order valence-corrected chi connectivity index (χ2v) is 8.62. The first kappa shape index (κ1) is 20.0. The summed E-state index contributed by atoms with van der Waals surface area (Å²) in [4.78, 5) is 29.3. The largest absolute Gasteiger partial charge is 0.495 e. The average Bonchev–Trinajstić information content (AvgIpc) is 3.25. The number of carbonyl (C=O) groups is 2. The van der Waals surface area contributed by atoms with Gasteiger partial charge in [-0.2, -0.15) is 0 Å². The fourth-order valence-electron chi connectivity index (χ4n) is 5.29. The lowest BCUT2D eigenvalue weighted by Crippen LogP contribution is -2.43. The van der Waals surface area contributed by atoms with E-state index >= 15 is 0 Å². The fraction of sp³-hybridized carbons (Fsp3) is 0.652. The number of carbonyl (C=O) groups excluding carboxylic acids is 2. The highest BCUT2D eigenvalue weighted by atomic mass is 16.5. The minimum absolute atomic E-state index is 0.0147. The zero-order valence-corrected chi connectivity index (χ0v) is 17.5. The molecule has 2 heterocycles. The molecule has 1 saturated carbocycles. The van der Waals surface area contributed by atoms with Crippen molar-refractivity contribution in [2.45, 2.75) is 70.3 Å². The summed E-state index contributed by atoms with van der Waals surface area (Å²) in [5.41, 5.74) is 1.47. The maximum absolute atomic E-state index is 13.1. The van der Waals surface area contributed by atoms with Gasteiger partial charge in [-0.3, -0.25) is 4.79 Å². The fourth-order valence-corrected chi connectivity index (χ4v) is 5.29. The van der Waals surface area contributed by atoms with Crippen molar-refractivity contribution in [1.82, 2.24) is 4.90 Å². The quantitative estimate of drug-likeness (QED) is 0.792. The Kier molecular flexibility index (Phi) is 6.26. The molecule has 1 atom stereocenters. The second kappa shape index (κ2) is 9.06. The van der Waals surface area contributed by atoms with Crippen LogP contribution in [0.2, 0.25) is 0 Å². The van der Waals surface area contributed by atoms with E-state index in [1.165, 1.54) is 32.1 Å².